The summed E-state index contributed by atoms with van der Waals surface area (Å²) in [5.74, 6) is -1.05. The van der Waals surface area contributed by atoms with E-state index in [2.05, 4.69) is 14.1 Å². The Morgan fingerprint density at radius 3 is 2.57 bits per heavy atom. The molecule has 2 aromatic heterocycles. The third kappa shape index (κ3) is 4.67. The van der Waals surface area contributed by atoms with Crippen LogP contribution in [-0.2, 0) is 14.8 Å². The van der Waals surface area contributed by atoms with Gasteiger partial charge in [-0.3, -0.25) is 9.71 Å². The van der Waals surface area contributed by atoms with Gasteiger partial charge >= 0.3 is 5.97 Å². The number of esters is 1. The number of rotatable bonds is 7. The molecular weight excluding hydrogens is 489 g/mol. The molecule has 1 saturated carbocycles. The molecule has 0 unspecified atom stereocenters. The lowest BCUT2D eigenvalue weighted by atomic mass is 10.0. The largest absolute Gasteiger partial charge is 0.465 e. The standard InChI is InChI=1S/C25H20FN3O4S2/c1-33-25(30)16-7-8-17(15-5-6-15)24(12-16)35(31,32)29-22-14-18(23-9-11-28-34-23)20(26)13-19(22)21-4-2-3-10-27-21/h2-4,7-15,29H,5-6H2,1H3. The maximum Gasteiger partial charge on any atom is 0.337 e. The molecule has 1 N–H and O–H groups in total. The van der Waals surface area contributed by atoms with Gasteiger partial charge in [0.15, 0.2) is 0 Å². The van der Waals surface area contributed by atoms with Crippen LogP contribution >= 0.6 is 11.5 Å². The van der Waals surface area contributed by atoms with Gasteiger partial charge in [-0.1, -0.05) is 12.1 Å². The molecule has 2 aromatic carbocycles. The maximum absolute atomic E-state index is 15.1. The van der Waals surface area contributed by atoms with Crippen LogP contribution < -0.4 is 4.72 Å². The number of sulfonamides is 1. The summed E-state index contributed by atoms with van der Waals surface area (Å²) >= 11 is 1.10. The molecule has 35 heavy (non-hydrogen) atoms. The summed E-state index contributed by atoms with van der Waals surface area (Å²) in [7, 11) is -2.92. The summed E-state index contributed by atoms with van der Waals surface area (Å²) in [6.45, 7) is 0. The van der Waals surface area contributed by atoms with Crippen molar-refractivity contribution in [1.29, 1.82) is 0 Å². The molecule has 0 radical (unpaired) electrons. The van der Waals surface area contributed by atoms with Crippen LogP contribution in [0.15, 0.2) is 71.9 Å². The quantitative estimate of drug-likeness (QED) is 0.332. The van der Waals surface area contributed by atoms with Crippen molar-refractivity contribution in [2.45, 2.75) is 23.7 Å². The highest BCUT2D eigenvalue weighted by atomic mass is 32.2. The van der Waals surface area contributed by atoms with E-state index in [-0.39, 0.29) is 33.2 Å². The molecule has 1 fully saturated rings. The minimum absolute atomic E-state index is 0.00136. The van der Waals surface area contributed by atoms with Gasteiger partial charge < -0.3 is 4.74 Å². The summed E-state index contributed by atoms with van der Waals surface area (Å²) in [5, 5.41) is 0. The Balaban J connectivity index is 1.65. The van der Waals surface area contributed by atoms with Gasteiger partial charge in [0, 0.05) is 23.5 Å². The average Bonchev–Trinajstić information content (AvgIpc) is 3.58. The van der Waals surface area contributed by atoms with Crippen LogP contribution in [0.25, 0.3) is 21.7 Å². The number of hydrogen-bond acceptors (Lipinski definition) is 7. The number of benzene rings is 2. The van der Waals surface area contributed by atoms with E-state index in [0.717, 1.165) is 24.4 Å². The number of hydrogen-bond donors (Lipinski definition) is 1. The van der Waals surface area contributed by atoms with Crippen LogP contribution in [0.2, 0.25) is 0 Å². The van der Waals surface area contributed by atoms with Crippen molar-refractivity contribution in [3.05, 3.63) is 83.9 Å². The molecule has 0 aliphatic heterocycles. The Labute approximate surface area is 205 Å². The topological polar surface area (TPSA) is 98.2 Å². The van der Waals surface area contributed by atoms with Crippen molar-refractivity contribution in [3.63, 3.8) is 0 Å². The number of carbonyl (C=O) groups is 1. The first-order chi connectivity index (χ1) is 16.9. The van der Waals surface area contributed by atoms with Crippen molar-refractivity contribution < 1.29 is 22.3 Å². The summed E-state index contributed by atoms with van der Waals surface area (Å²) in [6, 6.07) is 14.1. The van der Waals surface area contributed by atoms with Crippen LogP contribution in [0.3, 0.4) is 0 Å². The molecule has 0 spiro atoms. The fourth-order valence-corrected chi connectivity index (χ4v) is 5.89. The van der Waals surface area contributed by atoms with Gasteiger partial charge in [-0.2, -0.15) is 0 Å². The third-order valence-electron chi connectivity index (χ3n) is 5.74. The summed E-state index contributed by atoms with van der Waals surface area (Å²) in [4.78, 5) is 16.9. The van der Waals surface area contributed by atoms with E-state index in [4.69, 9.17) is 4.74 Å². The summed E-state index contributed by atoms with van der Waals surface area (Å²) < 4.78 is 53.9. The fourth-order valence-electron chi connectivity index (χ4n) is 3.88. The number of aromatic nitrogens is 2. The Morgan fingerprint density at radius 1 is 1.09 bits per heavy atom. The average molecular weight is 510 g/mol. The molecule has 7 nitrogen and oxygen atoms in total. The number of pyridine rings is 1. The number of methoxy groups -OCH3 is 1. The van der Waals surface area contributed by atoms with Crippen LogP contribution in [-0.4, -0.2) is 30.9 Å². The second-order valence-electron chi connectivity index (χ2n) is 8.09. The van der Waals surface area contributed by atoms with E-state index < -0.39 is 21.8 Å². The van der Waals surface area contributed by atoms with E-state index >= 15 is 4.39 Å². The van der Waals surface area contributed by atoms with E-state index in [1.54, 1.807) is 48.8 Å². The molecule has 0 saturated heterocycles. The lowest BCUT2D eigenvalue weighted by Crippen LogP contribution is -2.17. The molecule has 0 atom stereocenters. The lowest BCUT2D eigenvalue weighted by molar-refractivity contribution is 0.0600. The van der Waals surface area contributed by atoms with E-state index in [0.29, 0.717) is 16.1 Å². The minimum Gasteiger partial charge on any atom is -0.465 e. The Hall–Kier alpha value is -3.63. The Kier molecular flexibility index (Phi) is 6.08. The first kappa shape index (κ1) is 23.1. The van der Waals surface area contributed by atoms with E-state index in [1.165, 1.54) is 25.3 Å². The SMILES string of the molecule is COC(=O)c1ccc(C2CC2)c(S(=O)(=O)Nc2cc(-c3ccns3)c(F)cc2-c2ccccn2)c1. The first-order valence-electron chi connectivity index (χ1n) is 10.8. The Morgan fingerprint density at radius 2 is 1.91 bits per heavy atom. The number of anilines is 1. The van der Waals surface area contributed by atoms with Crippen LogP contribution in [0.4, 0.5) is 10.1 Å². The highest BCUT2D eigenvalue weighted by Crippen LogP contribution is 2.44. The second-order valence-corrected chi connectivity index (χ2v) is 10.6. The second kappa shape index (κ2) is 9.20. The van der Waals surface area contributed by atoms with Gasteiger partial charge in [0.25, 0.3) is 10.0 Å². The molecule has 2 heterocycles. The zero-order valence-electron chi connectivity index (χ0n) is 18.6. The molecule has 10 heteroatoms. The molecule has 5 rings (SSSR count). The van der Waals surface area contributed by atoms with Crippen LogP contribution in [0.1, 0.15) is 34.7 Å². The van der Waals surface area contributed by atoms with Crippen molar-refractivity contribution in [3.8, 4) is 21.7 Å². The zero-order valence-corrected chi connectivity index (χ0v) is 20.2. The first-order valence-corrected chi connectivity index (χ1v) is 13.0. The normalized spacial score (nSPS) is 13.4. The third-order valence-corrected chi connectivity index (χ3v) is 7.94. The van der Waals surface area contributed by atoms with Crippen molar-refractivity contribution in [2.75, 3.05) is 11.8 Å². The highest BCUT2D eigenvalue weighted by molar-refractivity contribution is 7.92. The van der Waals surface area contributed by atoms with E-state index in [1.807, 2.05) is 0 Å². The number of nitrogens with one attached hydrogen (secondary N) is 1. The molecular formula is C25H20FN3O4S2. The van der Waals surface area contributed by atoms with Crippen LogP contribution in [0.5, 0.6) is 0 Å². The van der Waals surface area contributed by atoms with Gasteiger partial charge in [-0.05, 0) is 78.3 Å². The Bertz CT molecular complexity index is 1500. The number of carbonyl (C=O) groups excluding carboxylic acids is 1. The molecule has 1 aliphatic rings. The van der Waals surface area contributed by atoms with Crippen LogP contribution in [0, 0.1) is 5.82 Å². The molecule has 4 aromatic rings. The number of halogens is 1. The molecule has 0 amide bonds. The molecule has 178 valence electrons. The predicted octanol–water partition coefficient (Wildman–Crippen LogP) is 5.48. The van der Waals surface area contributed by atoms with Crippen molar-refractivity contribution >= 4 is 33.2 Å². The fraction of sp³-hybridized carbons (Fsp3) is 0.160. The molecule has 1 aliphatic carbocycles. The minimum atomic E-state index is -4.16. The lowest BCUT2D eigenvalue weighted by Gasteiger charge is -2.17. The summed E-state index contributed by atoms with van der Waals surface area (Å²) in [5.41, 5.74) is 1.85. The van der Waals surface area contributed by atoms with Gasteiger partial charge in [0.05, 0.1) is 33.8 Å². The van der Waals surface area contributed by atoms with E-state index in [9.17, 15) is 13.2 Å². The highest BCUT2D eigenvalue weighted by Gasteiger charge is 2.32. The van der Waals surface area contributed by atoms with Gasteiger partial charge in [0.1, 0.15) is 5.82 Å². The van der Waals surface area contributed by atoms with Gasteiger partial charge in [-0.25, -0.2) is 22.0 Å². The zero-order chi connectivity index (χ0) is 24.6. The smallest absolute Gasteiger partial charge is 0.337 e. The molecule has 0 bridgehead atoms. The monoisotopic (exact) mass is 509 g/mol. The number of ether oxygens (including phenoxy) is 1. The van der Waals surface area contributed by atoms with Gasteiger partial charge in [0.2, 0.25) is 0 Å². The predicted molar refractivity (Wildman–Crippen MR) is 131 cm³/mol. The van der Waals surface area contributed by atoms with Crippen molar-refractivity contribution in [1.82, 2.24) is 9.36 Å². The van der Waals surface area contributed by atoms with Crippen molar-refractivity contribution in [2.24, 2.45) is 0 Å². The van der Waals surface area contributed by atoms with Gasteiger partial charge in [-0.15, -0.1) is 0 Å². The number of nitrogens with zero attached hydrogens (tertiary/aromatic N) is 2. The summed E-state index contributed by atoms with van der Waals surface area (Å²) in [6.07, 6.45) is 4.83. The maximum atomic E-state index is 15.1.